The molecule has 0 saturated heterocycles. The summed E-state index contributed by atoms with van der Waals surface area (Å²) in [6, 6.07) is 5.19. The molecule has 0 radical (unpaired) electrons. The van der Waals surface area contributed by atoms with Gasteiger partial charge in [-0.15, -0.1) is 0 Å². The van der Waals surface area contributed by atoms with E-state index in [2.05, 4.69) is 15.3 Å². The van der Waals surface area contributed by atoms with E-state index in [1.807, 2.05) is 13.8 Å². The molecule has 33 heavy (non-hydrogen) atoms. The van der Waals surface area contributed by atoms with Crippen molar-refractivity contribution in [1.29, 1.82) is 0 Å². The van der Waals surface area contributed by atoms with Crippen molar-refractivity contribution in [2.75, 3.05) is 24.3 Å². The number of aryl methyl sites for hydroxylation is 1. The molecule has 3 aromatic rings. The van der Waals surface area contributed by atoms with Crippen LogP contribution in [0.4, 0.5) is 5.69 Å². The quantitative estimate of drug-likeness (QED) is 0.428. The van der Waals surface area contributed by atoms with Gasteiger partial charge in [-0.2, -0.15) is 0 Å². The van der Waals surface area contributed by atoms with Crippen LogP contribution in [-0.4, -0.2) is 44.0 Å². The molecule has 1 amide bonds. The summed E-state index contributed by atoms with van der Waals surface area (Å²) in [5.41, 5.74) is -0.0364. The van der Waals surface area contributed by atoms with Gasteiger partial charge in [-0.3, -0.25) is 18.7 Å². The first-order valence-electron chi connectivity index (χ1n) is 10.5. The lowest BCUT2D eigenvalue weighted by Crippen LogP contribution is -2.39. The number of amides is 1. The number of ether oxygens (including phenoxy) is 2. The molecule has 1 N–H and O–H groups in total. The summed E-state index contributed by atoms with van der Waals surface area (Å²) in [7, 11) is 1.43. The predicted octanol–water partition coefficient (Wildman–Crippen LogP) is 1.96. The molecule has 0 unspecified atom stereocenters. The smallest absolute Gasteiger partial charge is 0.332 e. The van der Waals surface area contributed by atoms with Crippen LogP contribution < -0.4 is 26.0 Å². The largest absolute Gasteiger partial charge is 0.486 e. The molecule has 4 rings (SSSR count). The summed E-state index contributed by atoms with van der Waals surface area (Å²) < 4.78 is 13.6. The summed E-state index contributed by atoms with van der Waals surface area (Å²) in [6.45, 7) is 7.02. The lowest BCUT2D eigenvalue weighted by Gasteiger charge is -2.19. The van der Waals surface area contributed by atoms with E-state index in [9.17, 15) is 14.4 Å². The second-order valence-electron chi connectivity index (χ2n) is 8.12. The number of benzene rings is 1. The van der Waals surface area contributed by atoms with Gasteiger partial charge < -0.3 is 14.8 Å². The van der Waals surface area contributed by atoms with Crippen LogP contribution in [0.1, 0.15) is 19.7 Å². The molecule has 2 aromatic heterocycles. The second-order valence-corrected chi connectivity index (χ2v) is 9.09. The molecule has 0 saturated carbocycles. The van der Waals surface area contributed by atoms with E-state index in [1.54, 1.807) is 25.1 Å². The molecule has 0 bridgehead atoms. The van der Waals surface area contributed by atoms with E-state index in [0.29, 0.717) is 53.4 Å². The maximum Gasteiger partial charge on any atom is 0.332 e. The highest BCUT2D eigenvalue weighted by atomic mass is 32.2. The fraction of sp³-hybridized carbons (Fsp3) is 0.409. The molecule has 0 aliphatic carbocycles. The predicted molar refractivity (Wildman–Crippen MR) is 125 cm³/mol. The van der Waals surface area contributed by atoms with Crippen LogP contribution in [0, 0.1) is 12.8 Å². The number of nitrogens with one attached hydrogen (secondary N) is 1. The number of rotatable bonds is 6. The summed E-state index contributed by atoms with van der Waals surface area (Å²) >= 11 is 1.13. The number of anilines is 1. The minimum Gasteiger partial charge on any atom is -0.486 e. The normalized spacial score (nSPS) is 12.9. The van der Waals surface area contributed by atoms with Crippen molar-refractivity contribution < 1.29 is 14.3 Å². The zero-order valence-electron chi connectivity index (χ0n) is 18.9. The second kappa shape index (κ2) is 9.26. The van der Waals surface area contributed by atoms with Crippen LogP contribution in [0.15, 0.2) is 32.8 Å². The number of thioether (sulfide) groups is 1. The fourth-order valence-corrected chi connectivity index (χ4v) is 4.39. The van der Waals surface area contributed by atoms with E-state index in [0.717, 1.165) is 16.3 Å². The first-order valence-corrected chi connectivity index (χ1v) is 11.5. The third-order valence-electron chi connectivity index (χ3n) is 4.97. The van der Waals surface area contributed by atoms with Crippen LogP contribution >= 0.6 is 11.8 Å². The van der Waals surface area contributed by atoms with E-state index in [1.165, 1.54) is 11.6 Å². The van der Waals surface area contributed by atoms with Crippen molar-refractivity contribution in [3.05, 3.63) is 44.9 Å². The van der Waals surface area contributed by atoms with Crippen LogP contribution in [0.5, 0.6) is 11.5 Å². The Morgan fingerprint density at radius 2 is 1.91 bits per heavy atom. The van der Waals surface area contributed by atoms with E-state index < -0.39 is 11.2 Å². The molecule has 10 nitrogen and oxygen atoms in total. The molecular weight excluding hydrogens is 446 g/mol. The van der Waals surface area contributed by atoms with Crippen LogP contribution in [-0.2, 0) is 18.4 Å². The van der Waals surface area contributed by atoms with Gasteiger partial charge in [0.15, 0.2) is 17.1 Å². The van der Waals surface area contributed by atoms with E-state index >= 15 is 0 Å². The van der Waals surface area contributed by atoms with Gasteiger partial charge in [0, 0.05) is 25.3 Å². The molecule has 1 aliphatic rings. The monoisotopic (exact) mass is 471 g/mol. The third-order valence-corrected chi connectivity index (χ3v) is 5.95. The van der Waals surface area contributed by atoms with Gasteiger partial charge in [0.25, 0.3) is 5.56 Å². The number of nitrogens with zero attached hydrogens (tertiary/aromatic N) is 4. The molecular formula is C22H25N5O5S. The SMILES string of the molecule is Cc1nc(SCC(=O)Nc2ccc3c(c2)OCCO3)c2c(=O)n(C)c(=O)n(CC(C)C)c2n1. The number of carbonyl (C=O) groups excluding carboxylic acids is 1. The Morgan fingerprint density at radius 3 is 2.64 bits per heavy atom. The number of fused-ring (bicyclic) bond motifs is 2. The number of carbonyl (C=O) groups is 1. The molecule has 0 fully saturated rings. The van der Waals surface area contributed by atoms with Crippen molar-refractivity contribution in [2.24, 2.45) is 13.0 Å². The van der Waals surface area contributed by atoms with Gasteiger partial charge >= 0.3 is 5.69 Å². The highest BCUT2D eigenvalue weighted by Crippen LogP contribution is 2.32. The molecule has 3 heterocycles. The van der Waals surface area contributed by atoms with E-state index in [4.69, 9.17) is 9.47 Å². The molecule has 0 spiro atoms. The zero-order chi connectivity index (χ0) is 23.7. The van der Waals surface area contributed by atoms with Crippen molar-refractivity contribution in [3.8, 4) is 11.5 Å². The highest BCUT2D eigenvalue weighted by Gasteiger charge is 2.20. The molecule has 174 valence electrons. The van der Waals surface area contributed by atoms with Crippen molar-refractivity contribution in [1.82, 2.24) is 19.1 Å². The Hall–Kier alpha value is -3.34. The maximum absolute atomic E-state index is 12.9. The van der Waals surface area contributed by atoms with Gasteiger partial charge in [-0.05, 0) is 25.0 Å². The first-order chi connectivity index (χ1) is 15.7. The summed E-state index contributed by atoms with van der Waals surface area (Å²) in [5.74, 6) is 1.56. The van der Waals surface area contributed by atoms with Gasteiger partial charge in [0.1, 0.15) is 29.5 Å². The summed E-state index contributed by atoms with van der Waals surface area (Å²) in [6.07, 6.45) is 0. The molecule has 1 aliphatic heterocycles. The molecule has 11 heteroatoms. The highest BCUT2D eigenvalue weighted by molar-refractivity contribution is 8.00. The topological polar surface area (TPSA) is 117 Å². The Labute approximate surface area is 193 Å². The average Bonchev–Trinajstić information content (AvgIpc) is 2.78. The van der Waals surface area contributed by atoms with Crippen molar-refractivity contribution in [2.45, 2.75) is 32.3 Å². The Balaban J connectivity index is 1.61. The number of hydrogen-bond donors (Lipinski definition) is 1. The van der Waals surface area contributed by atoms with Crippen LogP contribution in [0.2, 0.25) is 0 Å². The third kappa shape index (κ3) is 4.72. The van der Waals surface area contributed by atoms with Crippen molar-refractivity contribution in [3.63, 3.8) is 0 Å². The Bertz CT molecular complexity index is 1350. The molecule has 1 aromatic carbocycles. The lowest BCUT2D eigenvalue weighted by atomic mass is 10.2. The van der Waals surface area contributed by atoms with Gasteiger partial charge in [0.2, 0.25) is 5.91 Å². The van der Waals surface area contributed by atoms with Crippen LogP contribution in [0.3, 0.4) is 0 Å². The van der Waals surface area contributed by atoms with Gasteiger partial charge in [0.05, 0.1) is 5.75 Å². The Kier molecular flexibility index (Phi) is 6.41. The van der Waals surface area contributed by atoms with Crippen LogP contribution in [0.25, 0.3) is 11.0 Å². The average molecular weight is 472 g/mol. The lowest BCUT2D eigenvalue weighted by molar-refractivity contribution is -0.113. The maximum atomic E-state index is 12.9. The fourth-order valence-electron chi connectivity index (χ4n) is 3.53. The molecule has 0 atom stereocenters. The first kappa shape index (κ1) is 22.8. The van der Waals surface area contributed by atoms with Gasteiger partial charge in [-0.1, -0.05) is 25.6 Å². The van der Waals surface area contributed by atoms with Gasteiger partial charge in [-0.25, -0.2) is 14.8 Å². The summed E-state index contributed by atoms with van der Waals surface area (Å²) in [4.78, 5) is 47.0. The minimum atomic E-state index is -0.482. The van der Waals surface area contributed by atoms with Crippen molar-refractivity contribution >= 4 is 34.4 Å². The zero-order valence-corrected chi connectivity index (χ0v) is 19.7. The Morgan fingerprint density at radius 1 is 1.18 bits per heavy atom. The summed E-state index contributed by atoms with van der Waals surface area (Å²) in [5, 5.41) is 3.43. The minimum absolute atomic E-state index is 0.0203. The number of aromatic nitrogens is 4. The van der Waals surface area contributed by atoms with E-state index in [-0.39, 0.29) is 23.0 Å². The number of hydrogen-bond acceptors (Lipinski definition) is 8. The standard InChI is InChI=1S/C22H25N5O5S/c1-12(2)10-27-19-18(21(29)26(4)22(27)30)20(24-13(3)23-19)33-11-17(28)25-14-5-6-15-16(9-14)32-8-7-31-15/h5-6,9,12H,7-8,10-11H2,1-4H3,(H,25,28).